The zero-order valence-electron chi connectivity index (χ0n) is 15.0. The zero-order valence-corrected chi connectivity index (χ0v) is 15.0. The van der Waals surface area contributed by atoms with Gasteiger partial charge in [-0.25, -0.2) is 4.79 Å². The summed E-state index contributed by atoms with van der Waals surface area (Å²) in [5.41, 5.74) is 10.7. The van der Waals surface area contributed by atoms with Gasteiger partial charge in [0.25, 0.3) is 0 Å². The second-order valence-corrected chi connectivity index (χ2v) is 6.41. The van der Waals surface area contributed by atoms with Gasteiger partial charge < -0.3 is 25.9 Å². The van der Waals surface area contributed by atoms with Gasteiger partial charge in [0.1, 0.15) is 5.75 Å². The molecule has 0 amide bonds. The highest BCUT2D eigenvalue weighted by Gasteiger charge is 2.14. The summed E-state index contributed by atoms with van der Waals surface area (Å²) in [6.07, 6.45) is 3.78. The van der Waals surface area contributed by atoms with Crippen molar-refractivity contribution in [2.24, 2.45) is 11.6 Å². The summed E-state index contributed by atoms with van der Waals surface area (Å²) in [4.78, 5) is 13.4. The topological polar surface area (TPSA) is 114 Å². The fraction of sp³-hybridized carbons (Fsp3) is 0.250. The highest BCUT2D eigenvalue weighted by Crippen LogP contribution is 2.28. The molecule has 0 atom stereocenters. The van der Waals surface area contributed by atoms with Gasteiger partial charge in [0.05, 0.1) is 0 Å². The number of nitrogens with one attached hydrogen (secondary N) is 1. The van der Waals surface area contributed by atoms with Crippen molar-refractivity contribution in [1.82, 2.24) is 5.43 Å². The molecule has 2 aromatic carbocycles. The fourth-order valence-electron chi connectivity index (χ4n) is 3.17. The smallest absolute Gasteiger partial charge is 0.358 e. The molecule has 1 heterocycles. The van der Waals surface area contributed by atoms with Gasteiger partial charge in [-0.3, -0.25) is 5.84 Å². The first-order chi connectivity index (χ1) is 13.1. The summed E-state index contributed by atoms with van der Waals surface area (Å²) in [6.45, 7) is 2.20. The van der Waals surface area contributed by atoms with Gasteiger partial charge in [-0.1, -0.05) is 24.3 Å². The Labute approximate surface area is 158 Å². The Morgan fingerprint density at radius 1 is 1.04 bits per heavy atom. The predicted molar refractivity (Wildman–Crippen MR) is 105 cm³/mol. The number of piperidine rings is 1. The minimum Gasteiger partial charge on any atom is -0.476 e. The van der Waals surface area contributed by atoms with Crippen LogP contribution in [0.4, 0.5) is 5.69 Å². The molecule has 0 spiro atoms. The molecule has 7 nitrogen and oxygen atoms in total. The van der Waals surface area contributed by atoms with Crippen molar-refractivity contribution >= 4 is 11.7 Å². The molecule has 2 aromatic rings. The number of nitrogens with zero attached hydrogens (tertiary/aromatic N) is 1. The molecule has 1 aliphatic rings. The van der Waals surface area contributed by atoms with E-state index in [1.165, 1.54) is 24.9 Å². The van der Waals surface area contributed by atoms with Gasteiger partial charge >= 0.3 is 5.97 Å². The number of carboxylic acids is 1. The molecule has 0 bridgehead atoms. The number of hydrogen-bond acceptors (Lipinski definition) is 6. The maximum absolute atomic E-state index is 11.0. The molecule has 1 aliphatic heterocycles. The largest absolute Gasteiger partial charge is 0.476 e. The quantitative estimate of drug-likeness (QED) is 0.268. The molecule has 0 unspecified atom stereocenters. The third-order valence-corrected chi connectivity index (χ3v) is 4.59. The molecular weight excluding hydrogens is 344 g/mol. The molecule has 7 heteroatoms. The Kier molecular flexibility index (Phi) is 5.83. The zero-order chi connectivity index (χ0) is 19.2. The summed E-state index contributed by atoms with van der Waals surface area (Å²) in [6, 6.07) is 15.8. The SMILES string of the molecule is NN/C(C(=O)O)=C(\N)Oc1ccc(-c2cccc(N3CCCCC3)c2)cc1. The lowest BCUT2D eigenvalue weighted by Crippen LogP contribution is -2.31. The van der Waals surface area contributed by atoms with Crippen LogP contribution in [0.15, 0.2) is 60.1 Å². The van der Waals surface area contributed by atoms with Crippen LogP contribution in [0.5, 0.6) is 5.75 Å². The second-order valence-electron chi connectivity index (χ2n) is 6.41. The number of benzene rings is 2. The number of rotatable bonds is 6. The number of aliphatic carboxylic acids is 1. The molecular formula is C20H24N4O3. The maximum atomic E-state index is 11.0. The number of nitrogens with two attached hydrogens (primary N) is 2. The van der Waals surface area contributed by atoms with Crippen molar-refractivity contribution in [2.75, 3.05) is 18.0 Å². The molecule has 6 N–H and O–H groups in total. The van der Waals surface area contributed by atoms with Gasteiger partial charge in [-0.15, -0.1) is 0 Å². The van der Waals surface area contributed by atoms with Gasteiger partial charge in [0.15, 0.2) is 5.70 Å². The Balaban J connectivity index is 1.76. The predicted octanol–water partition coefficient (Wildman–Crippen LogP) is 2.40. The van der Waals surface area contributed by atoms with E-state index in [1.54, 1.807) is 12.1 Å². The lowest BCUT2D eigenvalue weighted by atomic mass is 10.0. The van der Waals surface area contributed by atoms with E-state index in [1.807, 2.05) is 17.6 Å². The van der Waals surface area contributed by atoms with Crippen molar-refractivity contribution < 1.29 is 14.6 Å². The highest BCUT2D eigenvalue weighted by molar-refractivity contribution is 5.86. The van der Waals surface area contributed by atoms with Crippen LogP contribution >= 0.6 is 0 Å². The molecule has 0 saturated carbocycles. The third kappa shape index (κ3) is 4.51. The maximum Gasteiger partial charge on any atom is 0.358 e. The Morgan fingerprint density at radius 3 is 2.37 bits per heavy atom. The van der Waals surface area contributed by atoms with Crippen LogP contribution in [0.1, 0.15) is 19.3 Å². The van der Waals surface area contributed by atoms with Crippen LogP contribution in [0.3, 0.4) is 0 Å². The van der Waals surface area contributed by atoms with Crippen LogP contribution in [0.2, 0.25) is 0 Å². The van der Waals surface area contributed by atoms with Gasteiger partial charge in [-0.2, -0.15) is 0 Å². The average Bonchev–Trinajstić information content (AvgIpc) is 2.69. The van der Waals surface area contributed by atoms with Crippen LogP contribution < -0.4 is 26.6 Å². The van der Waals surface area contributed by atoms with Crippen molar-refractivity contribution in [3.8, 4) is 16.9 Å². The highest BCUT2D eigenvalue weighted by atomic mass is 16.5. The number of anilines is 1. The minimum atomic E-state index is -1.29. The molecule has 1 fully saturated rings. The van der Waals surface area contributed by atoms with E-state index in [2.05, 4.69) is 29.2 Å². The monoisotopic (exact) mass is 368 g/mol. The van der Waals surface area contributed by atoms with Gasteiger partial charge in [0, 0.05) is 18.8 Å². The average molecular weight is 368 g/mol. The van der Waals surface area contributed by atoms with Crippen LogP contribution in [0, 0.1) is 0 Å². The second kappa shape index (κ2) is 8.46. The summed E-state index contributed by atoms with van der Waals surface area (Å²) in [5, 5.41) is 8.98. The first kappa shape index (κ1) is 18.6. The summed E-state index contributed by atoms with van der Waals surface area (Å²) < 4.78 is 5.36. The summed E-state index contributed by atoms with van der Waals surface area (Å²) in [7, 11) is 0. The normalized spacial score (nSPS) is 15.1. The van der Waals surface area contributed by atoms with E-state index in [9.17, 15) is 4.79 Å². The Morgan fingerprint density at radius 2 is 1.74 bits per heavy atom. The van der Waals surface area contributed by atoms with Gasteiger partial charge in [0.2, 0.25) is 5.88 Å². The van der Waals surface area contributed by atoms with E-state index >= 15 is 0 Å². The third-order valence-electron chi connectivity index (χ3n) is 4.59. The number of ether oxygens (including phenoxy) is 1. The number of carbonyl (C=O) groups is 1. The van der Waals surface area contributed by atoms with Crippen LogP contribution in [-0.2, 0) is 4.79 Å². The van der Waals surface area contributed by atoms with E-state index in [-0.39, 0.29) is 5.88 Å². The summed E-state index contributed by atoms with van der Waals surface area (Å²) >= 11 is 0. The standard InChI is InChI=1S/C20H24N4O3/c21-19(18(23-22)20(25)26)27-17-9-7-14(8-10-17)15-5-4-6-16(13-15)24-11-2-1-3-12-24/h4-10,13,23H,1-3,11-12,21-22H2,(H,25,26)/b19-18+. The van der Waals surface area contributed by atoms with Crippen LogP contribution in [0.25, 0.3) is 11.1 Å². The molecule has 1 saturated heterocycles. The van der Waals surface area contributed by atoms with E-state index in [0.29, 0.717) is 5.75 Å². The van der Waals surface area contributed by atoms with E-state index in [4.69, 9.17) is 21.4 Å². The molecule has 0 radical (unpaired) electrons. The Hall–Kier alpha value is -3.19. The van der Waals surface area contributed by atoms with Crippen LogP contribution in [-0.4, -0.2) is 24.2 Å². The molecule has 142 valence electrons. The number of hydrogen-bond donors (Lipinski definition) is 4. The summed E-state index contributed by atoms with van der Waals surface area (Å²) in [5.74, 6) is 3.99. The van der Waals surface area contributed by atoms with Crippen molar-refractivity contribution in [1.29, 1.82) is 0 Å². The molecule has 27 heavy (non-hydrogen) atoms. The first-order valence-corrected chi connectivity index (χ1v) is 8.91. The molecule has 0 aromatic heterocycles. The van der Waals surface area contributed by atoms with E-state index in [0.717, 1.165) is 24.2 Å². The Bertz CT molecular complexity index is 827. The lowest BCUT2D eigenvalue weighted by Gasteiger charge is -2.29. The molecule has 3 rings (SSSR count). The van der Waals surface area contributed by atoms with Crippen molar-refractivity contribution in [3.63, 3.8) is 0 Å². The number of hydrazine groups is 1. The number of carboxylic acid groups (broad SMARTS) is 1. The molecule has 0 aliphatic carbocycles. The fourth-order valence-corrected chi connectivity index (χ4v) is 3.17. The first-order valence-electron chi connectivity index (χ1n) is 8.91. The van der Waals surface area contributed by atoms with Crippen molar-refractivity contribution in [2.45, 2.75) is 19.3 Å². The lowest BCUT2D eigenvalue weighted by molar-refractivity contribution is -0.133. The van der Waals surface area contributed by atoms with Crippen molar-refractivity contribution in [3.05, 3.63) is 60.1 Å². The minimum absolute atomic E-state index is 0.301. The van der Waals surface area contributed by atoms with E-state index < -0.39 is 11.7 Å². The van der Waals surface area contributed by atoms with Gasteiger partial charge in [-0.05, 0) is 54.7 Å².